The van der Waals surface area contributed by atoms with Crippen LogP contribution in [0.3, 0.4) is 0 Å². The number of hydrogen-bond donors (Lipinski definition) is 3. The molecule has 0 aromatic rings. The highest BCUT2D eigenvalue weighted by Gasteiger charge is 2.34. The Kier molecular flexibility index (Phi) is 5.42. The Morgan fingerprint density at radius 2 is 2.00 bits per heavy atom. The molecule has 2 unspecified atom stereocenters. The highest BCUT2D eigenvalue weighted by molar-refractivity contribution is 4.93. The van der Waals surface area contributed by atoms with E-state index in [1.807, 2.05) is 0 Å². The molecule has 1 saturated carbocycles. The van der Waals surface area contributed by atoms with Crippen molar-refractivity contribution < 1.29 is 5.11 Å². The Morgan fingerprint density at radius 3 is 2.53 bits per heavy atom. The monoisotopic (exact) mass is 242 g/mol. The molecule has 4 N–H and O–H groups in total. The second-order valence-electron chi connectivity index (χ2n) is 6.63. The van der Waals surface area contributed by atoms with Crippen LogP contribution in [0.1, 0.15) is 52.9 Å². The minimum atomic E-state index is 0.0722. The smallest absolute Gasteiger partial charge is 0.0556 e. The van der Waals surface area contributed by atoms with Crippen molar-refractivity contribution in [3.8, 4) is 0 Å². The van der Waals surface area contributed by atoms with Gasteiger partial charge in [-0.25, -0.2) is 0 Å². The van der Waals surface area contributed by atoms with Gasteiger partial charge in [-0.3, -0.25) is 0 Å². The van der Waals surface area contributed by atoms with Crippen LogP contribution in [-0.4, -0.2) is 30.3 Å². The molecule has 0 heterocycles. The average Bonchev–Trinajstić information content (AvgIpc) is 2.49. The van der Waals surface area contributed by atoms with E-state index in [0.717, 1.165) is 18.8 Å². The number of nitrogens with two attached hydrogens (primary N) is 1. The molecule has 2 atom stereocenters. The van der Waals surface area contributed by atoms with Crippen molar-refractivity contribution in [2.24, 2.45) is 17.1 Å². The van der Waals surface area contributed by atoms with Gasteiger partial charge < -0.3 is 16.2 Å². The maximum absolute atomic E-state index is 8.96. The lowest BCUT2D eigenvalue weighted by molar-refractivity contribution is 0.202. The van der Waals surface area contributed by atoms with Crippen molar-refractivity contribution in [1.29, 1.82) is 0 Å². The minimum Gasteiger partial charge on any atom is -0.395 e. The van der Waals surface area contributed by atoms with Crippen LogP contribution >= 0.6 is 0 Å². The molecule has 0 aromatic carbocycles. The highest BCUT2D eigenvalue weighted by atomic mass is 16.3. The average molecular weight is 242 g/mol. The van der Waals surface area contributed by atoms with Crippen molar-refractivity contribution in [3.05, 3.63) is 0 Å². The summed E-state index contributed by atoms with van der Waals surface area (Å²) in [5, 5.41) is 12.4. The third-order valence-corrected chi connectivity index (χ3v) is 4.41. The number of rotatable bonds is 4. The predicted octanol–water partition coefficient (Wildman–Crippen LogP) is 1.89. The molecule has 1 fully saturated rings. The van der Waals surface area contributed by atoms with E-state index in [9.17, 15) is 0 Å². The Hall–Kier alpha value is -0.120. The van der Waals surface area contributed by atoms with Crippen molar-refractivity contribution in [1.82, 2.24) is 5.32 Å². The maximum Gasteiger partial charge on any atom is 0.0556 e. The zero-order valence-corrected chi connectivity index (χ0v) is 11.8. The molecule has 1 aliphatic rings. The van der Waals surface area contributed by atoms with Gasteiger partial charge in [0, 0.05) is 18.6 Å². The zero-order valence-electron chi connectivity index (χ0n) is 11.8. The number of aliphatic hydroxyl groups is 1. The first-order valence-electron chi connectivity index (χ1n) is 6.99. The van der Waals surface area contributed by atoms with Crippen LogP contribution in [0.5, 0.6) is 0 Å². The number of nitrogens with one attached hydrogen (secondary N) is 1. The molecule has 0 aromatic heterocycles. The summed E-state index contributed by atoms with van der Waals surface area (Å²) >= 11 is 0. The molecule has 1 rings (SSSR count). The molecule has 102 valence electrons. The topological polar surface area (TPSA) is 58.3 Å². The van der Waals surface area contributed by atoms with Gasteiger partial charge in [0.1, 0.15) is 0 Å². The number of β-amino-alcohol motifs (C(OH)–C–C–N with tert-alkyl or cyclic N) is 1. The fourth-order valence-corrected chi connectivity index (χ4v) is 3.05. The first kappa shape index (κ1) is 14.9. The fourth-order valence-electron chi connectivity index (χ4n) is 3.05. The van der Waals surface area contributed by atoms with Gasteiger partial charge in [-0.2, -0.15) is 0 Å². The first-order valence-corrected chi connectivity index (χ1v) is 6.99. The summed E-state index contributed by atoms with van der Waals surface area (Å²) in [5.74, 6) is 0.798. The minimum absolute atomic E-state index is 0.0722. The molecule has 3 nitrogen and oxygen atoms in total. The first-order chi connectivity index (χ1) is 7.93. The van der Waals surface area contributed by atoms with E-state index < -0.39 is 0 Å². The molecule has 0 bridgehead atoms. The normalized spacial score (nSPS) is 31.2. The Bertz CT molecular complexity index is 225. The fraction of sp³-hybridized carbons (Fsp3) is 1.00. The van der Waals surface area contributed by atoms with Gasteiger partial charge in [0.2, 0.25) is 0 Å². The van der Waals surface area contributed by atoms with Crippen LogP contribution in [-0.2, 0) is 0 Å². The second-order valence-corrected chi connectivity index (χ2v) is 6.63. The third-order valence-electron chi connectivity index (χ3n) is 4.41. The Balaban J connectivity index is 2.60. The molecule has 0 radical (unpaired) electrons. The van der Waals surface area contributed by atoms with Crippen molar-refractivity contribution in [2.75, 3.05) is 19.7 Å². The van der Waals surface area contributed by atoms with Crippen LogP contribution in [0.4, 0.5) is 0 Å². The van der Waals surface area contributed by atoms with Crippen molar-refractivity contribution in [2.45, 2.75) is 58.4 Å². The van der Waals surface area contributed by atoms with Crippen LogP contribution in [0.25, 0.3) is 0 Å². The molecule has 1 aliphatic carbocycles. The summed E-state index contributed by atoms with van der Waals surface area (Å²) in [4.78, 5) is 0. The molecule has 3 heteroatoms. The summed E-state index contributed by atoms with van der Waals surface area (Å²) in [7, 11) is 0. The highest BCUT2D eigenvalue weighted by Crippen LogP contribution is 2.39. The van der Waals surface area contributed by atoms with Crippen LogP contribution < -0.4 is 11.1 Å². The molecule has 0 aliphatic heterocycles. The lowest BCUT2D eigenvalue weighted by Gasteiger charge is -2.34. The van der Waals surface area contributed by atoms with Gasteiger partial charge in [0.25, 0.3) is 0 Å². The second kappa shape index (κ2) is 6.17. The summed E-state index contributed by atoms with van der Waals surface area (Å²) in [6.07, 6.45) is 6.10. The maximum atomic E-state index is 8.96. The van der Waals surface area contributed by atoms with E-state index in [1.54, 1.807) is 0 Å². The standard InChI is InChI=1S/C14H30N2O/c1-13(2,3)12-5-4-7-14(11-15,8-6-12)16-9-10-17/h12,16-17H,4-11,15H2,1-3H3. The quantitative estimate of drug-likeness (QED) is 0.660. The molecule has 0 spiro atoms. The summed E-state index contributed by atoms with van der Waals surface area (Å²) in [6, 6.07) is 0. The van der Waals surface area contributed by atoms with Gasteiger partial charge >= 0.3 is 0 Å². The summed E-state index contributed by atoms with van der Waals surface area (Å²) < 4.78 is 0. The van der Waals surface area contributed by atoms with Gasteiger partial charge in [-0.15, -0.1) is 0 Å². The van der Waals surface area contributed by atoms with Gasteiger partial charge in [0.15, 0.2) is 0 Å². The molecule has 17 heavy (non-hydrogen) atoms. The van der Waals surface area contributed by atoms with Gasteiger partial charge in [-0.05, 0) is 37.0 Å². The Labute approximate surface area is 106 Å². The van der Waals surface area contributed by atoms with Crippen LogP contribution in [0.15, 0.2) is 0 Å². The van der Waals surface area contributed by atoms with Crippen LogP contribution in [0, 0.1) is 11.3 Å². The van der Waals surface area contributed by atoms with E-state index >= 15 is 0 Å². The lowest BCUT2D eigenvalue weighted by atomic mass is 9.76. The van der Waals surface area contributed by atoms with Crippen LogP contribution in [0.2, 0.25) is 0 Å². The molecular formula is C14H30N2O. The molecule has 0 saturated heterocycles. The van der Waals surface area contributed by atoms with Crippen molar-refractivity contribution in [3.63, 3.8) is 0 Å². The van der Waals surface area contributed by atoms with E-state index in [2.05, 4.69) is 26.1 Å². The summed E-state index contributed by atoms with van der Waals surface area (Å²) in [5.41, 5.74) is 6.44. The largest absolute Gasteiger partial charge is 0.395 e. The van der Waals surface area contributed by atoms with Gasteiger partial charge in [0.05, 0.1) is 6.61 Å². The molecule has 0 amide bonds. The lowest BCUT2D eigenvalue weighted by Crippen LogP contribution is -2.51. The van der Waals surface area contributed by atoms with E-state index in [4.69, 9.17) is 10.8 Å². The summed E-state index contributed by atoms with van der Waals surface area (Å²) in [6.45, 7) is 8.57. The van der Waals surface area contributed by atoms with E-state index in [-0.39, 0.29) is 12.1 Å². The Morgan fingerprint density at radius 1 is 1.29 bits per heavy atom. The van der Waals surface area contributed by atoms with E-state index in [0.29, 0.717) is 18.5 Å². The SMILES string of the molecule is CC(C)(C)C1CCCC(CN)(NCCO)CC1. The zero-order chi connectivity index (χ0) is 12.9. The molecular weight excluding hydrogens is 212 g/mol. The third kappa shape index (κ3) is 4.23. The predicted molar refractivity (Wildman–Crippen MR) is 72.9 cm³/mol. The number of hydrogen-bond acceptors (Lipinski definition) is 3. The van der Waals surface area contributed by atoms with E-state index in [1.165, 1.54) is 19.3 Å². The number of aliphatic hydroxyl groups excluding tert-OH is 1. The van der Waals surface area contributed by atoms with Crippen molar-refractivity contribution >= 4 is 0 Å². The van der Waals surface area contributed by atoms with Gasteiger partial charge in [-0.1, -0.05) is 27.2 Å².